The van der Waals surface area contributed by atoms with Gasteiger partial charge in [0.25, 0.3) is 0 Å². The molecule has 0 fully saturated rings. The number of esters is 1. The minimum absolute atomic E-state index is 0.189. The van der Waals surface area contributed by atoms with Crippen LogP contribution in [0.15, 0.2) is 33.5 Å². The highest BCUT2D eigenvalue weighted by Crippen LogP contribution is 2.38. The van der Waals surface area contributed by atoms with E-state index in [2.05, 4.69) is 6.92 Å². The number of carbonyl (C=O) groups is 1. The summed E-state index contributed by atoms with van der Waals surface area (Å²) >= 11 is 0. The first kappa shape index (κ1) is 21.4. The molecule has 5 heteroatoms. The van der Waals surface area contributed by atoms with Crippen molar-refractivity contribution in [1.29, 1.82) is 0 Å². The SMILES string of the molecule is CCCCCCCCCC(=O)OC1Cc2c(ccc3ccc(=O)oc23)OC1(C)C. The summed E-state index contributed by atoms with van der Waals surface area (Å²) in [6.07, 6.45) is 8.59. The molecule has 5 nitrogen and oxygen atoms in total. The maximum absolute atomic E-state index is 12.4. The second-order valence-electron chi connectivity index (χ2n) is 8.47. The molecule has 2 heterocycles. The molecule has 29 heavy (non-hydrogen) atoms. The number of benzene rings is 1. The highest BCUT2D eigenvalue weighted by Gasteiger charge is 2.40. The maximum atomic E-state index is 12.4. The highest BCUT2D eigenvalue weighted by molar-refractivity contribution is 5.82. The van der Waals surface area contributed by atoms with Crippen molar-refractivity contribution in [3.05, 3.63) is 40.2 Å². The van der Waals surface area contributed by atoms with E-state index in [0.29, 0.717) is 24.2 Å². The molecular weight excluding hydrogens is 368 g/mol. The molecule has 1 atom stereocenters. The summed E-state index contributed by atoms with van der Waals surface area (Å²) in [4.78, 5) is 24.1. The van der Waals surface area contributed by atoms with Gasteiger partial charge in [0.15, 0.2) is 0 Å². The van der Waals surface area contributed by atoms with Gasteiger partial charge in [0.2, 0.25) is 0 Å². The zero-order valence-corrected chi connectivity index (χ0v) is 17.8. The Balaban J connectivity index is 1.61. The summed E-state index contributed by atoms with van der Waals surface area (Å²) in [7, 11) is 0. The van der Waals surface area contributed by atoms with Crippen molar-refractivity contribution in [2.45, 2.75) is 90.3 Å². The summed E-state index contributed by atoms with van der Waals surface area (Å²) in [5.41, 5.74) is 0.251. The van der Waals surface area contributed by atoms with Crippen molar-refractivity contribution in [1.82, 2.24) is 0 Å². The van der Waals surface area contributed by atoms with Crippen LogP contribution < -0.4 is 10.4 Å². The van der Waals surface area contributed by atoms with Gasteiger partial charge in [-0.1, -0.05) is 45.4 Å². The Kier molecular flexibility index (Phi) is 6.99. The van der Waals surface area contributed by atoms with Gasteiger partial charge >= 0.3 is 11.6 Å². The minimum atomic E-state index is -0.647. The van der Waals surface area contributed by atoms with Gasteiger partial charge in [0.05, 0.1) is 0 Å². The molecule has 0 bridgehead atoms. The zero-order valence-electron chi connectivity index (χ0n) is 17.8. The van der Waals surface area contributed by atoms with E-state index in [0.717, 1.165) is 23.8 Å². The van der Waals surface area contributed by atoms with E-state index in [4.69, 9.17) is 13.9 Å². The van der Waals surface area contributed by atoms with Crippen LogP contribution in [-0.2, 0) is 16.0 Å². The molecule has 1 aromatic heterocycles. The number of hydrogen-bond donors (Lipinski definition) is 0. The number of hydrogen-bond acceptors (Lipinski definition) is 5. The molecule has 1 aliphatic heterocycles. The molecule has 0 saturated heterocycles. The molecule has 0 saturated carbocycles. The van der Waals surface area contributed by atoms with Crippen molar-refractivity contribution in [2.75, 3.05) is 0 Å². The van der Waals surface area contributed by atoms with E-state index in [1.807, 2.05) is 26.0 Å². The van der Waals surface area contributed by atoms with Crippen LogP contribution in [0, 0.1) is 0 Å². The Bertz CT molecular complexity index is 896. The molecular formula is C24H32O5. The number of fused-ring (bicyclic) bond motifs is 3. The maximum Gasteiger partial charge on any atom is 0.336 e. The van der Waals surface area contributed by atoms with Crippen LogP contribution >= 0.6 is 0 Å². The fourth-order valence-corrected chi connectivity index (χ4v) is 3.87. The Morgan fingerprint density at radius 3 is 2.52 bits per heavy atom. The van der Waals surface area contributed by atoms with Crippen molar-refractivity contribution >= 4 is 16.9 Å². The van der Waals surface area contributed by atoms with Crippen LogP contribution in [-0.4, -0.2) is 17.7 Å². The molecule has 0 N–H and O–H groups in total. The molecule has 0 spiro atoms. The third-order valence-electron chi connectivity index (χ3n) is 5.65. The van der Waals surface area contributed by atoms with Gasteiger partial charge in [-0.05, 0) is 38.5 Å². The highest BCUT2D eigenvalue weighted by atomic mass is 16.6. The summed E-state index contributed by atoms with van der Waals surface area (Å²) in [6, 6.07) is 6.90. The second-order valence-corrected chi connectivity index (χ2v) is 8.47. The standard InChI is InChI=1S/C24H32O5/c1-4-5-6-7-8-9-10-11-21(25)27-20-16-18-19(29-24(20,2)3)14-12-17-13-15-22(26)28-23(17)18/h12-15,20H,4-11,16H2,1-3H3. The zero-order chi connectivity index (χ0) is 20.9. The Labute approximate surface area is 172 Å². The Morgan fingerprint density at radius 2 is 1.76 bits per heavy atom. The molecule has 158 valence electrons. The van der Waals surface area contributed by atoms with E-state index >= 15 is 0 Å². The van der Waals surface area contributed by atoms with E-state index in [1.165, 1.54) is 38.2 Å². The lowest BCUT2D eigenvalue weighted by Crippen LogP contribution is -2.48. The third-order valence-corrected chi connectivity index (χ3v) is 5.65. The fraction of sp³-hybridized carbons (Fsp3) is 0.583. The van der Waals surface area contributed by atoms with Crippen LogP contribution in [0.25, 0.3) is 11.0 Å². The average Bonchev–Trinajstić information content (AvgIpc) is 2.67. The largest absolute Gasteiger partial charge is 0.484 e. The molecule has 1 unspecified atom stereocenters. The van der Waals surface area contributed by atoms with E-state index in [9.17, 15) is 9.59 Å². The van der Waals surface area contributed by atoms with Crippen molar-refractivity contribution < 1.29 is 18.7 Å². The summed E-state index contributed by atoms with van der Waals surface area (Å²) in [6.45, 7) is 6.06. The lowest BCUT2D eigenvalue weighted by Gasteiger charge is -2.39. The van der Waals surface area contributed by atoms with Crippen molar-refractivity contribution in [2.24, 2.45) is 0 Å². The van der Waals surface area contributed by atoms with Gasteiger partial charge in [0, 0.05) is 29.9 Å². The predicted octanol–water partition coefficient (Wildman–Crippen LogP) is 5.56. The minimum Gasteiger partial charge on any atom is -0.484 e. The quantitative estimate of drug-likeness (QED) is 0.313. The smallest absolute Gasteiger partial charge is 0.336 e. The van der Waals surface area contributed by atoms with Crippen molar-refractivity contribution in [3.63, 3.8) is 0 Å². The molecule has 3 rings (SSSR count). The normalized spacial score (nSPS) is 17.6. The summed E-state index contributed by atoms with van der Waals surface area (Å²) < 4.78 is 17.4. The summed E-state index contributed by atoms with van der Waals surface area (Å²) in [5.74, 6) is 0.488. The third kappa shape index (κ3) is 5.40. The molecule has 0 radical (unpaired) electrons. The Morgan fingerprint density at radius 1 is 1.07 bits per heavy atom. The predicted molar refractivity (Wildman–Crippen MR) is 113 cm³/mol. The first-order chi connectivity index (χ1) is 13.9. The number of unbranched alkanes of at least 4 members (excludes halogenated alkanes) is 6. The van der Waals surface area contributed by atoms with Crippen LogP contribution in [0.3, 0.4) is 0 Å². The van der Waals surface area contributed by atoms with Gasteiger partial charge in [-0.15, -0.1) is 0 Å². The molecule has 1 aromatic carbocycles. The Hall–Kier alpha value is -2.30. The van der Waals surface area contributed by atoms with E-state index in [-0.39, 0.29) is 5.97 Å². The molecule has 1 aliphatic rings. The first-order valence-corrected chi connectivity index (χ1v) is 10.8. The van der Waals surface area contributed by atoms with Crippen LogP contribution in [0.5, 0.6) is 5.75 Å². The van der Waals surface area contributed by atoms with Crippen LogP contribution in [0.1, 0.15) is 77.7 Å². The lowest BCUT2D eigenvalue weighted by atomic mass is 9.90. The monoisotopic (exact) mass is 400 g/mol. The average molecular weight is 401 g/mol. The molecule has 0 amide bonds. The summed E-state index contributed by atoms with van der Waals surface area (Å²) in [5, 5.41) is 0.833. The fourth-order valence-electron chi connectivity index (χ4n) is 3.87. The van der Waals surface area contributed by atoms with Crippen molar-refractivity contribution in [3.8, 4) is 5.75 Å². The number of carbonyl (C=O) groups excluding carboxylic acids is 1. The molecule has 2 aromatic rings. The lowest BCUT2D eigenvalue weighted by molar-refractivity contribution is -0.161. The van der Waals surface area contributed by atoms with Gasteiger partial charge in [-0.3, -0.25) is 4.79 Å². The number of rotatable bonds is 9. The van der Waals surface area contributed by atoms with Crippen LogP contribution in [0.4, 0.5) is 0 Å². The topological polar surface area (TPSA) is 65.7 Å². The van der Waals surface area contributed by atoms with Gasteiger partial charge in [-0.25, -0.2) is 4.79 Å². The van der Waals surface area contributed by atoms with Gasteiger partial charge < -0.3 is 13.9 Å². The molecule has 0 aliphatic carbocycles. The van der Waals surface area contributed by atoms with Gasteiger partial charge in [-0.2, -0.15) is 0 Å². The van der Waals surface area contributed by atoms with E-state index in [1.54, 1.807) is 6.07 Å². The first-order valence-electron chi connectivity index (χ1n) is 10.8. The van der Waals surface area contributed by atoms with Crippen LogP contribution in [0.2, 0.25) is 0 Å². The van der Waals surface area contributed by atoms with Gasteiger partial charge in [0.1, 0.15) is 23.0 Å². The number of ether oxygens (including phenoxy) is 2. The van der Waals surface area contributed by atoms with E-state index < -0.39 is 17.3 Å². The second kappa shape index (κ2) is 9.47.